The van der Waals surface area contributed by atoms with Crippen molar-refractivity contribution in [2.75, 3.05) is 13.1 Å². The maximum atomic E-state index is 13.2. The van der Waals surface area contributed by atoms with Crippen molar-refractivity contribution >= 4 is 16.9 Å². The van der Waals surface area contributed by atoms with Crippen LogP contribution in [0.1, 0.15) is 24.8 Å². The van der Waals surface area contributed by atoms with E-state index in [2.05, 4.69) is 10.1 Å². The highest BCUT2D eigenvalue weighted by molar-refractivity contribution is 5.89. The summed E-state index contributed by atoms with van der Waals surface area (Å²) in [5, 5.41) is 25.4. The van der Waals surface area contributed by atoms with Gasteiger partial charge in [0.25, 0.3) is 5.56 Å². The Morgan fingerprint density at radius 3 is 2.53 bits per heavy atom. The predicted octanol–water partition coefficient (Wildman–Crippen LogP) is 2.49. The maximum absolute atomic E-state index is 13.2. The molecule has 3 heterocycles. The standard InChI is InChI=1S/C27H29N5O4/c1-30-25(20-8-5-9-21(33)16-20)23-24(29-30)26(35)32(18-28-23)17-27(36)12-14-31(15-13-27)22(34)11-10-19-6-3-2-4-7-19/h2-9,16,18,33,36H,10-15,17H2,1H3. The van der Waals surface area contributed by atoms with E-state index < -0.39 is 5.60 Å². The molecule has 1 fully saturated rings. The minimum Gasteiger partial charge on any atom is -0.508 e. The van der Waals surface area contributed by atoms with Crippen LogP contribution in [0.3, 0.4) is 0 Å². The number of phenols is 1. The third kappa shape index (κ3) is 4.74. The van der Waals surface area contributed by atoms with Crippen LogP contribution in [0, 0.1) is 0 Å². The molecule has 0 atom stereocenters. The van der Waals surface area contributed by atoms with E-state index in [4.69, 9.17) is 0 Å². The van der Waals surface area contributed by atoms with Gasteiger partial charge in [-0.25, -0.2) is 4.98 Å². The number of likely N-dealkylation sites (tertiary alicyclic amines) is 1. The molecule has 9 heteroatoms. The van der Waals surface area contributed by atoms with Gasteiger partial charge in [0.1, 0.15) is 11.3 Å². The maximum Gasteiger partial charge on any atom is 0.281 e. The molecule has 0 spiro atoms. The van der Waals surface area contributed by atoms with Crippen LogP contribution < -0.4 is 5.56 Å². The number of aliphatic hydroxyl groups is 1. The first-order chi connectivity index (χ1) is 17.3. The number of nitrogens with zero attached hydrogens (tertiary/aromatic N) is 5. The zero-order valence-corrected chi connectivity index (χ0v) is 20.2. The highest BCUT2D eigenvalue weighted by atomic mass is 16.3. The number of hydrogen-bond acceptors (Lipinski definition) is 6. The number of hydrogen-bond donors (Lipinski definition) is 2. The van der Waals surface area contributed by atoms with Crippen LogP contribution in [-0.4, -0.2) is 59.0 Å². The smallest absolute Gasteiger partial charge is 0.281 e. The average Bonchev–Trinajstić information content (AvgIpc) is 3.22. The van der Waals surface area contributed by atoms with Crippen molar-refractivity contribution < 1.29 is 15.0 Å². The van der Waals surface area contributed by atoms with Gasteiger partial charge in [-0.3, -0.25) is 18.8 Å². The third-order valence-corrected chi connectivity index (χ3v) is 6.91. The highest BCUT2D eigenvalue weighted by Crippen LogP contribution is 2.28. The molecule has 2 aromatic carbocycles. The number of amides is 1. The summed E-state index contributed by atoms with van der Waals surface area (Å²) in [6, 6.07) is 16.6. The highest BCUT2D eigenvalue weighted by Gasteiger charge is 2.35. The molecular weight excluding hydrogens is 458 g/mol. The van der Waals surface area contributed by atoms with Gasteiger partial charge in [0.15, 0.2) is 5.52 Å². The Bertz CT molecular complexity index is 1450. The number of carbonyl (C=O) groups excluding carboxylic acids is 1. The number of aryl methyl sites for hydroxylation is 2. The summed E-state index contributed by atoms with van der Waals surface area (Å²) in [6.45, 7) is 0.971. The van der Waals surface area contributed by atoms with Crippen molar-refractivity contribution in [1.29, 1.82) is 0 Å². The first-order valence-corrected chi connectivity index (χ1v) is 12.1. The van der Waals surface area contributed by atoms with Gasteiger partial charge in [0.05, 0.1) is 24.2 Å². The number of carbonyl (C=O) groups is 1. The lowest BCUT2D eigenvalue weighted by Gasteiger charge is -2.38. The first-order valence-electron chi connectivity index (χ1n) is 12.1. The van der Waals surface area contributed by atoms with Gasteiger partial charge >= 0.3 is 0 Å². The summed E-state index contributed by atoms with van der Waals surface area (Å²) < 4.78 is 2.97. The van der Waals surface area contributed by atoms with Gasteiger partial charge < -0.3 is 15.1 Å². The van der Waals surface area contributed by atoms with Gasteiger partial charge in [-0.1, -0.05) is 42.5 Å². The lowest BCUT2D eigenvalue weighted by Crippen LogP contribution is -2.49. The molecule has 1 aliphatic rings. The number of rotatable bonds is 6. The fraction of sp³-hybridized carbons (Fsp3) is 0.333. The molecule has 2 aromatic heterocycles. The second kappa shape index (κ2) is 9.58. The van der Waals surface area contributed by atoms with Crippen LogP contribution in [0.25, 0.3) is 22.3 Å². The molecule has 2 N–H and O–H groups in total. The van der Waals surface area contributed by atoms with Gasteiger partial charge in [-0.15, -0.1) is 0 Å². The molecule has 186 valence electrons. The van der Waals surface area contributed by atoms with E-state index >= 15 is 0 Å². The monoisotopic (exact) mass is 487 g/mol. The fourth-order valence-corrected chi connectivity index (χ4v) is 4.89. The lowest BCUT2D eigenvalue weighted by molar-refractivity contribution is -0.135. The van der Waals surface area contributed by atoms with Crippen LogP contribution in [0.15, 0.2) is 65.7 Å². The fourth-order valence-electron chi connectivity index (χ4n) is 4.89. The molecule has 0 radical (unpaired) electrons. The second-order valence-corrected chi connectivity index (χ2v) is 9.49. The molecule has 5 rings (SSSR count). The first kappa shape index (κ1) is 23.7. The van der Waals surface area contributed by atoms with Crippen molar-refractivity contribution in [2.24, 2.45) is 7.05 Å². The Hall–Kier alpha value is -3.98. The predicted molar refractivity (Wildman–Crippen MR) is 135 cm³/mol. The number of aromatic hydroxyl groups is 1. The third-order valence-electron chi connectivity index (χ3n) is 6.91. The molecule has 1 saturated heterocycles. The Morgan fingerprint density at radius 2 is 1.81 bits per heavy atom. The lowest BCUT2D eigenvalue weighted by atomic mass is 9.91. The van der Waals surface area contributed by atoms with Crippen molar-refractivity contribution in [2.45, 2.75) is 37.8 Å². The Labute approximate surface area is 208 Å². The molecule has 36 heavy (non-hydrogen) atoms. The van der Waals surface area contributed by atoms with E-state index in [1.54, 1.807) is 34.8 Å². The zero-order chi connectivity index (χ0) is 25.3. The van der Waals surface area contributed by atoms with E-state index in [0.29, 0.717) is 55.5 Å². The number of aromatic nitrogens is 4. The van der Waals surface area contributed by atoms with Crippen LogP contribution >= 0.6 is 0 Å². The van der Waals surface area contributed by atoms with Crippen molar-refractivity contribution in [3.63, 3.8) is 0 Å². The normalized spacial score (nSPS) is 15.3. The number of benzene rings is 2. The quantitative estimate of drug-likeness (QED) is 0.432. The SMILES string of the molecule is Cn1nc2c(=O)n(CC3(O)CCN(C(=O)CCc4ccccc4)CC3)cnc2c1-c1cccc(O)c1. The molecule has 1 amide bonds. The van der Waals surface area contributed by atoms with Gasteiger partial charge in [0.2, 0.25) is 5.91 Å². The van der Waals surface area contributed by atoms with Crippen molar-refractivity contribution in [3.05, 3.63) is 76.8 Å². The Kier molecular flexibility index (Phi) is 6.32. The van der Waals surface area contributed by atoms with E-state index in [9.17, 15) is 19.8 Å². The van der Waals surface area contributed by atoms with Crippen molar-refractivity contribution in [1.82, 2.24) is 24.2 Å². The van der Waals surface area contributed by atoms with Crippen LogP contribution in [0.4, 0.5) is 0 Å². The zero-order valence-electron chi connectivity index (χ0n) is 20.2. The number of piperidine rings is 1. The molecule has 0 bridgehead atoms. The van der Waals surface area contributed by atoms with Gasteiger partial charge in [0, 0.05) is 32.1 Å². The summed E-state index contributed by atoms with van der Waals surface area (Å²) in [4.78, 5) is 32.2. The van der Waals surface area contributed by atoms with Crippen LogP contribution in [0.5, 0.6) is 5.75 Å². The minimum atomic E-state index is -1.11. The molecule has 1 aliphatic heterocycles. The second-order valence-electron chi connectivity index (χ2n) is 9.49. The van der Waals surface area contributed by atoms with E-state index in [0.717, 1.165) is 5.56 Å². The molecule has 9 nitrogen and oxygen atoms in total. The Balaban J connectivity index is 1.28. The number of fused-ring (bicyclic) bond motifs is 1. The molecular formula is C27H29N5O4. The minimum absolute atomic E-state index is 0.0779. The molecule has 0 aliphatic carbocycles. The Morgan fingerprint density at radius 1 is 1.06 bits per heavy atom. The largest absolute Gasteiger partial charge is 0.508 e. The van der Waals surface area contributed by atoms with E-state index in [1.807, 2.05) is 36.4 Å². The molecule has 0 unspecified atom stereocenters. The van der Waals surface area contributed by atoms with Gasteiger partial charge in [-0.05, 0) is 37.0 Å². The van der Waals surface area contributed by atoms with E-state index in [1.165, 1.54) is 10.9 Å². The summed E-state index contributed by atoms with van der Waals surface area (Å²) >= 11 is 0. The molecule has 4 aromatic rings. The summed E-state index contributed by atoms with van der Waals surface area (Å²) in [7, 11) is 1.73. The van der Waals surface area contributed by atoms with E-state index in [-0.39, 0.29) is 29.3 Å². The summed E-state index contributed by atoms with van der Waals surface area (Å²) in [5.74, 6) is 0.191. The number of phenolic OH excluding ortho intramolecular Hbond substituents is 1. The average molecular weight is 488 g/mol. The summed E-state index contributed by atoms with van der Waals surface area (Å²) in [6.07, 6.45) is 3.32. The van der Waals surface area contributed by atoms with Crippen LogP contribution in [-0.2, 0) is 24.8 Å². The molecule has 0 saturated carbocycles. The van der Waals surface area contributed by atoms with Crippen molar-refractivity contribution in [3.8, 4) is 17.0 Å². The van der Waals surface area contributed by atoms with Crippen LogP contribution in [0.2, 0.25) is 0 Å². The van der Waals surface area contributed by atoms with Gasteiger partial charge in [-0.2, -0.15) is 5.10 Å². The topological polar surface area (TPSA) is 113 Å². The summed E-state index contributed by atoms with van der Waals surface area (Å²) in [5.41, 5.74) is 1.66.